The fraction of sp³-hybridized carbons (Fsp3) is 0.571. The fourth-order valence-electron chi connectivity index (χ4n) is 1.95. The highest BCUT2D eigenvalue weighted by atomic mass is 35.5. The molecule has 0 N–H and O–H groups in total. The number of alkyl halides is 1. The molecule has 15 heavy (non-hydrogen) atoms. The molecule has 0 saturated heterocycles. The van der Waals surface area contributed by atoms with Crippen LogP contribution < -0.4 is 0 Å². The van der Waals surface area contributed by atoms with Gasteiger partial charge in [-0.3, -0.25) is 0 Å². The van der Waals surface area contributed by atoms with Gasteiger partial charge in [0.1, 0.15) is 0 Å². The summed E-state index contributed by atoms with van der Waals surface area (Å²) in [6, 6.07) is 8.62. The monoisotopic (exact) mass is 224 g/mol. The molecule has 0 bridgehead atoms. The maximum absolute atomic E-state index is 6.13. The maximum atomic E-state index is 6.13. The van der Waals surface area contributed by atoms with Crippen molar-refractivity contribution in [2.24, 2.45) is 5.41 Å². The lowest BCUT2D eigenvalue weighted by Gasteiger charge is -2.30. The van der Waals surface area contributed by atoms with Gasteiger partial charge in [0.2, 0.25) is 0 Å². The van der Waals surface area contributed by atoms with Crippen LogP contribution in [0.1, 0.15) is 37.8 Å². The summed E-state index contributed by atoms with van der Waals surface area (Å²) >= 11 is 6.13. The van der Waals surface area contributed by atoms with E-state index in [1.165, 1.54) is 11.1 Å². The van der Waals surface area contributed by atoms with Gasteiger partial charge in [-0.2, -0.15) is 0 Å². The highest BCUT2D eigenvalue weighted by molar-refractivity contribution is 6.18. The Morgan fingerprint density at radius 3 is 2.20 bits per heavy atom. The molecule has 0 aromatic heterocycles. The van der Waals surface area contributed by atoms with Gasteiger partial charge in [-0.15, -0.1) is 11.6 Å². The van der Waals surface area contributed by atoms with Crippen LogP contribution in [0.15, 0.2) is 24.3 Å². The lowest BCUT2D eigenvalue weighted by Crippen LogP contribution is -2.24. The van der Waals surface area contributed by atoms with Crippen LogP contribution in [0.2, 0.25) is 0 Å². The first-order chi connectivity index (χ1) is 7.17. The minimum Gasteiger partial charge on any atom is -0.126 e. The molecular weight excluding hydrogens is 204 g/mol. The molecule has 1 aromatic carbocycles. The molecule has 1 aromatic rings. The summed E-state index contributed by atoms with van der Waals surface area (Å²) in [4.78, 5) is 0. The number of halogens is 1. The second kappa shape index (κ2) is 5.55. The van der Waals surface area contributed by atoms with Crippen molar-refractivity contribution in [3.8, 4) is 0 Å². The average Bonchev–Trinajstić information content (AvgIpc) is 2.29. The van der Waals surface area contributed by atoms with Gasteiger partial charge in [-0.05, 0) is 42.7 Å². The quantitative estimate of drug-likeness (QED) is 0.643. The van der Waals surface area contributed by atoms with Crippen molar-refractivity contribution < 1.29 is 0 Å². The SMILES string of the molecule is CCC(CC)(CCl)Cc1ccccc1C. The summed E-state index contributed by atoms with van der Waals surface area (Å²) in [5, 5.41) is 0. The zero-order chi connectivity index (χ0) is 11.3. The Kier molecular flexibility index (Phi) is 4.66. The third-order valence-corrected chi connectivity index (χ3v) is 4.18. The molecule has 0 spiro atoms. The second-order valence-corrected chi connectivity index (χ2v) is 4.71. The molecule has 0 heterocycles. The van der Waals surface area contributed by atoms with Crippen molar-refractivity contribution in [1.82, 2.24) is 0 Å². The van der Waals surface area contributed by atoms with Crippen LogP contribution in [0.25, 0.3) is 0 Å². The van der Waals surface area contributed by atoms with Crippen LogP contribution >= 0.6 is 11.6 Å². The zero-order valence-corrected chi connectivity index (χ0v) is 10.8. The van der Waals surface area contributed by atoms with Crippen LogP contribution in [0.5, 0.6) is 0 Å². The van der Waals surface area contributed by atoms with Crippen LogP contribution in [0.4, 0.5) is 0 Å². The van der Waals surface area contributed by atoms with Crippen LogP contribution in [0, 0.1) is 12.3 Å². The van der Waals surface area contributed by atoms with Gasteiger partial charge in [0, 0.05) is 5.88 Å². The Bertz CT molecular complexity index is 292. The molecule has 0 nitrogen and oxygen atoms in total. The van der Waals surface area contributed by atoms with E-state index in [-0.39, 0.29) is 5.41 Å². The molecule has 0 unspecified atom stereocenters. The summed E-state index contributed by atoms with van der Waals surface area (Å²) in [5.41, 5.74) is 3.11. The van der Waals surface area contributed by atoms with Crippen molar-refractivity contribution in [2.75, 3.05) is 5.88 Å². The molecular formula is C14H21Cl. The minimum atomic E-state index is 0.285. The molecule has 0 radical (unpaired) electrons. The largest absolute Gasteiger partial charge is 0.126 e. The number of hydrogen-bond donors (Lipinski definition) is 0. The molecule has 0 aliphatic rings. The summed E-state index contributed by atoms with van der Waals surface area (Å²) in [5.74, 6) is 0.758. The summed E-state index contributed by atoms with van der Waals surface area (Å²) in [7, 11) is 0. The van der Waals surface area contributed by atoms with Crippen LogP contribution in [0.3, 0.4) is 0 Å². The smallest absolute Gasteiger partial charge is 0.0282 e. The lowest BCUT2D eigenvalue weighted by molar-refractivity contribution is 0.301. The van der Waals surface area contributed by atoms with Crippen molar-refractivity contribution in [3.05, 3.63) is 35.4 Å². The first kappa shape index (κ1) is 12.6. The molecule has 0 fully saturated rings. The van der Waals surface area contributed by atoms with Crippen molar-refractivity contribution in [3.63, 3.8) is 0 Å². The highest BCUT2D eigenvalue weighted by Crippen LogP contribution is 2.33. The number of aryl methyl sites for hydroxylation is 1. The van der Waals surface area contributed by atoms with E-state index in [4.69, 9.17) is 11.6 Å². The lowest BCUT2D eigenvalue weighted by atomic mass is 9.78. The highest BCUT2D eigenvalue weighted by Gasteiger charge is 2.25. The van der Waals surface area contributed by atoms with Gasteiger partial charge < -0.3 is 0 Å². The third kappa shape index (κ3) is 2.98. The Morgan fingerprint density at radius 2 is 1.73 bits per heavy atom. The fourth-order valence-corrected chi connectivity index (χ4v) is 2.42. The Balaban J connectivity index is 2.88. The van der Waals surface area contributed by atoms with E-state index >= 15 is 0 Å². The molecule has 0 atom stereocenters. The Labute approximate surface area is 98.7 Å². The van der Waals surface area contributed by atoms with Gasteiger partial charge in [0.05, 0.1) is 0 Å². The third-order valence-electron chi connectivity index (χ3n) is 3.61. The molecule has 84 valence electrons. The first-order valence-electron chi connectivity index (χ1n) is 5.78. The van der Waals surface area contributed by atoms with Gasteiger partial charge in [-0.25, -0.2) is 0 Å². The molecule has 0 aliphatic heterocycles. The van der Waals surface area contributed by atoms with E-state index in [0.29, 0.717) is 0 Å². The van der Waals surface area contributed by atoms with Gasteiger partial charge in [-0.1, -0.05) is 38.1 Å². The molecule has 0 aliphatic carbocycles. The van der Waals surface area contributed by atoms with E-state index in [0.717, 1.165) is 25.1 Å². The topological polar surface area (TPSA) is 0 Å². The van der Waals surface area contributed by atoms with E-state index in [1.807, 2.05) is 0 Å². The molecule has 0 saturated carbocycles. The van der Waals surface area contributed by atoms with Crippen molar-refractivity contribution in [1.29, 1.82) is 0 Å². The van der Waals surface area contributed by atoms with E-state index in [2.05, 4.69) is 45.0 Å². The zero-order valence-electron chi connectivity index (χ0n) is 10.0. The Hall–Kier alpha value is -0.490. The molecule has 1 heteroatoms. The van der Waals surface area contributed by atoms with Crippen molar-refractivity contribution in [2.45, 2.75) is 40.0 Å². The van der Waals surface area contributed by atoms with Gasteiger partial charge >= 0.3 is 0 Å². The first-order valence-corrected chi connectivity index (χ1v) is 6.31. The molecule has 0 amide bonds. The summed E-state index contributed by atoms with van der Waals surface area (Å²) < 4.78 is 0. The number of hydrogen-bond acceptors (Lipinski definition) is 0. The summed E-state index contributed by atoms with van der Waals surface area (Å²) in [6.07, 6.45) is 3.42. The number of benzene rings is 1. The maximum Gasteiger partial charge on any atom is 0.0282 e. The predicted molar refractivity (Wildman–Crippen MR) is 68.6 cm³/mol. The van der Waals surface area contributed by atoms with Gasteiger partial charge in [0.25, 0.3) is 0 Å². The number of rotatable bonds is 5. The molecule has 1 rings (SSSR count). The minimum absolute atomic E-state index is 0.285. The van der Waals surface area contributed by atoms with Crippen molar-refractivity contribution >= 4 is 11.6 Å². The standard InChI is InChI=1S/C14H21Cl/c1-4-14(5-2,11-15)10-13-9-7-6-8-12(13)3/h6-9H,4-5,10-11H2,1-3H3. The Morgan fingerprint density at radius 1 is 1.13 bits per heavy atom. The van der Waals surface area contributed by atoms with Crippen LogP contribution in [-0.2, 0) is 6.42 Å². The van der Waals surface area contributed by atoms with E-state index in [1.54, 1.807) is 0 Å². The average molecular weight is 225 g/mol. The predicted octanol–water partition coefficient (Wildman–Crippen LogP) is 4.58. The second-order valence-electron chi connectivity index (χ2n) is 4.44. The normalized spacial score (nSPS) is 11.7. The van der Waals surface area contributed by atoms with E-state index < -0.39 is 0 Å². The van der Waals surface area contributed by atoms with Gasteiger partial charge in [0.15, 0.2) is 0 Å². The summed E-state index contributed by atoms with van der Waals surface area (Å²) in [6.45, 7) is 6.66. The van der Waals surface area contributed by atoms with Crippen LogP contribution in [-0.4, -0.2) is 5.88 Å². The van der Waals surface area contributed by atoms with E-state index in [9.17, 15) is 0 Å².